The van der Waals surface area contributed by atoms with Crippen molar-refractivity contribution in [1.29, 1.82) is 0 Å². The van der Waals surface area contributed by atoms with E-state index in [-0.39, 0.29) is 10.8 Å². The van der Waals surface area contributed by atoms with Crippen LogP contribution in [0.25, 0.3) is 64.0 Å². The summed E-state index contributed by atoms with van der Waals surface area (Å²) >= 11 is 1.89. The van der Waals surface area contributed by atoms with Gasteiger partial charge in [-0.05, 0) is 109 Å². The molecule has 0 atom stereocenters. The van der Waals surface area contributed by atoms with Crippen molar-refractivity contribution in [3.63, 3.8) is 0 Å². The van der Waals surface area contributed by atoms with E-state index in [4.69, 9.17) is 0 Å². The van der Waals surface area contributed by atoms with Crippen LogP contribution in [0.4, 0.5) is 17.1 Å². The maximum Gasteiger partial charge on any atom is 0.0546 e. The van der Waals surface area contributed by atoms with Crippen LogP contribution in [0, 0.1) is 0 Å². The molecule has 1 nitrogen and oxygen atoms in total. The molecule has 0 unspecified atom stereocenters. The fraction of sp³-hybridized carbons (Fsp3) is 0.120. The Kier molecular flexibility index (Phi) is 6.02. The van der Waals surface area contributed by atoms with E-state index in [0.29, 0.717) is 0 Å². The zero-order valence-electron chi connectivity index (χ0n) is 29.8. The lowest BCUT2D eigenvalue weighted by molar-refractivity contribution is 0.660. The molecule has 0 fully saturated rings. The normalized spacial score (nSPS) is 14.8. The summed E-state index contributed by atoms with van der Waals surface area (Å²) in [6.45, 7) is 9.48. The van der Waals surface area contributed by atoms with Crippen molar-refractivity contribution in [2.75, 3.05) is 4.90 Å². The van der Waals surface area contributed by atoms with E-state index < -0.39 is 0 Å². The lowest BCUT2D eigenvalue weighted by atomic mass is 9.82. The molecule has 8 aromatic carbocycles. The Morgan fingerprint density at radius 1 is 0.404 bits per heavy atom. The summed E-state index contributed by atoms with van der Waals surface area (Å²) in [6.07, 6.45) is 0. The standard InChI is InChI=1S/C50H37NS/c1-49(2)42-17-9-6-14-35(42)39-27-32(23-25-43(39)49)51(33-22-24-36-34-13-5-8-16-41(34)50(3,4)44(36)28-33)45-18-11-12-30-20-21-31-26-40-37-15-7-10-19-46(37)52-47(40)29-38(31)48(30)45/h5-29H,1-4H3. The summed E-state index contributed by atoms with van der Waals surface area (Å²) in [5.74, 6) is 0. The quantitative estimate of drug-likeness (QED) is 0.168. The van der Waals surface area contributed by atoms with Crippen LogP contribution in [-0.2, 0) is 10.8 Å². The molecule has 2 aliphatic carbocycles. The van der Waals surface area contributed by atoms with Crippen LogP contribution < -0.4 is 4.90 Å². The lowest BCUT2D eigenvalue weighted by Crippen LogP contribution is -2.17. The first-order valence-electron chi connectivity index (χ1n) is 18.3. The Bertz CT molecular complexity index is 2980. The van der Waals surface area contributed by atoms with Crippen molar-refractivity contribution >= 4 is 70.1 Å². The number of fused-ring (bicyclic) bond motifs is 12. The molecule has 0 saturated heterocycles. The van der Waals surface area contributed by atoms with Gasteiger partial charge in [-0.2, -0.15) is 0 Å². The van der Waals surface area contributed by atoms with Crippen LogP contribution in [0.2, 0.25) is 0 Å². The Balaban J connectivity index is 1.21. The topological polar surface area (TPSA) is 3.24 Å². The molecule has 0 bridgehead atoms. The van der Waals surface area contributed by atoms with Gasteiger partial charge in [-0.3, -0.25) is 0 Å². The number of thiophene rings is 1. The van der Waals surface area contributed by atoms with E-state index >= 15 is 0 Å². The molecule has 2 aliphatic rings. The second kappa shape index (κ2) is 10.4. The zero-order valence-corrected chi connectivity index (χ0v) is 30.6. The summed E-state index contributed by atoms with van der Waals surface area (Å²) in [7, 11) is 0. The van der Waals surface area contributed by atoms with Crippen LogP contribution in [0.3, 0.4) is 0 Å². The third kappa shape index (κ3) is 3.99. The summed E-state index contributed by atoms with van der Waals surface area (Å²) in [5.41, 5.74) is 14.3. The molecule has 248 valence electrons. The minimum absolute atomic E-state index is 0.0517. The van der Waals surface area contributed by atoms with Crippen molar-refractivity contribution in [3.8, 4) is 22.3 Å². The number of nitrogens with zero attached hydrogens (tertiary/aromatic N) is 1. The minimum Gasteiger partial charge on any atom is -0.310 e. The van der Waals surface area contributed by atoms with Crippen LogP contribution in [0.1, 0.15) is 49.9 Å². The molecule has 0 spiro atoms. The average Bonchev–Trinajstić information content (AvgIpc) is 3.73. The lowest BCUT2D eigenvalue weighted by Gasteiger charge is -2.30. The van der Waals surface area contributed by atoms with E-state index in [9.17, 15) is 0 Å². The van der Waals surface area contributed by atoms with Crippen LogP contribution in [-0.4, -0.2) is 0 Å². The maximum atomic E-state index is 2.53. The van der Waals surface area contributed by atoms with Crippen molar-refractivity contribution in [2.24, 2.45) is 0 Å². The van der Waals surface area contributed by atoms with E-state index in [2.05, 4.69) is 184 Å². The molecule has 9 aromatic rings. The molecule has 0 aliphatic heterocycles. The molecule has 2 heteroatoms. The predicted octanol–water partition coefficient (Wildman–Crippen LogP) is 14.4. The van der Waals surface area contributed by atoms with Crippen LogP contribution in [0.15, 0.2) is 152 Å². The van der Waals surface area contributed by atoms with Crippen LogP contribution >= 0.6 is 11.3 Å². The van der Waals surface area contributed by atoms with Crippen molar-refractivity contribution in [3.05, 3.63) is 174 Å². The fourth-order valence-electron chi connectivity index (χ4n) is 9.60. The summed E-state index contributed by atoms with van der Waals surface area (Å²) < 4.78 is 2.66. The molecule has 1 aromatic heterocycles. The third-order valence-corrected chi connectivity index (χ3v) is 13.4. The zero-order chi connectivity index (χ0) is 34.9. The van der Waals surface area contributed by atoms with E-state index in [1.54, 1.807) is 0 Å². The van der Waals surface area contributed by atoms with Crippen molar-refractivity contribution in [2.45, 2.75) is 38.5 Å². The summed E-state index contributed by atoms with van der Waals surface area (Å²) in [5, 5.41) is 7.76. The maximum absolute atomic E-state index is 2.53. The number of benzene rings is 8. The molecule has 0 saturated carbocycles. The molecule has 0 amide bonds. The summed E-state index contributed by atoms with van der Waals surface area (Å²) in [6, 6.07) is 57.4. The van der Waals surface area contributed by atoms with Crippen molar-refractivity contribution < 1.29 is 0 Å². The molecule has 0 radical (unpaired) electrons. The van der Waals surface area contributed by atoms with Gasteiger partial charge < -0.3 is 4.90 Å². The predicted molar refractivity (Wildman–Crippen MR) is 224 cm³/mol. The summed E-state index contributed by atoms with van der Waals surface area (Å²) in [4.78, 5) is 2.53. The molecule has 11 rings (SSSR count). The highest BCUT2D eigenvalue weighted by Gasteiger charge is 2.37. The highest BCUT2D eigenvalue weighted by molar-refractivity contribution is 7.25. The average molecular weight is 684 g/mol. The molecular weight excluding hydrogens is 647 g/mol. The highest BCUT2D eigenvalue weighted by Crippen LogP contribution is 2.54. The van der Waals surface area contributed by atoms with Gasteiger partial charge in [-0.15, -0.1) is 11.3 Å². The van der Waals surface area contributed by atoms with Gasteiger partial charge >= 0.3 is 0 Å². The number of hydrogen-bond donors (Lipinski definition) is 0. The smallest absolute Gasteiger partial charge is 0.0546 e. The van der Waals surface area contributed by atoms with Gasteiger partial charge in [0.2, 0.25) is 0 Å². The number of rotatable bonds is 3. The Morgan fingerprint density at radius 2 is 1.04 bits per heavy atom. The molecule has 1 heterocycles. The van der Waals surface area contributed by atoms with Crippen LogP contribution in [0.5, 0.6) is 0 Å². The third-order valence-electron chi connectivity index (χ3n) is 12.2. The first-order valence-corrected chi connectivity index (χ1v) is 19.2. The molecular formula is C50H37NS. The number of anilines is 3. The SMILES string of the molecule is CC1(C)c2ccccc2-c2cc(N(c3ccc4c(c3)C(C)(C)c3ccccc3-4)c3cccc4ccc5cc6c(cc5c34)sc3ccccc36)ccc21. The highest BCUT2D eigenvalue weighted by atomic mass is 32.1. The van der Waals surface area contributed by atoms with E-state index in [1.165, 1.54) is 103 Å². The van der Waals surface area contributed by atoms with Crippen molar-refractivity contribution in [1.82, 2.24) is 0 Å². The first kappa shape index (κ1) is 30.0. The second-order valence-corrected chi connectivity index (χ2v) is 16.8. The van der Waals surface area contributed by atoms with E-state index in [0.717, 1.165) is 0 Å². The minimum atomic E-state index is -0.104. The van der Waals surface area contributed by atoms with Gasteiger partial charge in [0.15, 0.2) is 0 Å². The van der Waals surface area contributed by atoms with E-state index in [1.807, 2.05) is 11.3 Å². The van der Waals surface area contributed by atoms with Gasteiger partial charge in [0.25, 0.3) is 0 Å². The van der Waals surface area contributed by atoms with Gasteiger partial charge in [0, 0.05) is 47.8 Å². The van der Waals surface area contributed by atoms with Gasteiger partial charge in [-0.25, -0.2) is 0 Å². The van der Waals surface area contributed by atoms with Gasteiger partial charge in [0.1, 0.15) is 0 Å². The molecule has 0 N–H and O–H groups in total. The monoisotopic (exact) mass is 683 g/mol. The Labute approximate surface area is 308 Å². The van der Waals surface area contributed by atoms with Gasteiger partial charge in [0.05, 0.1) is 5.69 Å². The largest absolute Gasteiger partial charge is 0.310 e. The second-order valence-electron chi connectivity index (χ2n) is 15.7. The first-order chi connectivity index (χ1) is 25.3. The Morgan fingerprint density at radius 3 is 1.87 bits per heavy atom. The Hall–Kier alpha value is -5.70. The molecule has 52 heavy (non-hydrogen) atoms. The fourth-order valence-corrected chi connectivity index (χ4v) is 10.7. The van der Waals surface area contributed by atoms with Gasteiger partial charge in [-0.1, -0.05) is 131 Å². The number of hydrogen-bond acceptors (Lipinski definition) is 2.